The van der Waals surface area contributed by atoms with Gasteiger partial charge in [0.25, 0.3) is 0 Å². The number of amides is 2. The zero-order valence-electron chi connectivity index (χ0n) is 13.8. The number of benzene rings is 1. The summed E-state index contributed by atoms with van der Waals surface area (Å²) in [4.78, 5) is 25.6. The normalized spacial score (nSPS) is 18.0. The van der Waals surface area contributed by atoms with E-state index in [1.165, 1.54) is 10.5 Å². The third kappa shape index (κ3) is 5.07. The van der Waals surface area contributed by atoms with Crippen molar-refractivity contribution in [1.82, 2.24) is 10.2 Å². The van der Waals surface area contributed by atoms with E-state index in [4.69, 9.17) is 11.0 Å². The quantitative estimate of drug-likeness (QED) is 0.728. The molecule has 3 N–H and O–H groups in total. The van der Waals surface area contributed by atoms with E-state index in [9.17, 15) is 9.59 Å². The fourth-order valence-corrected chi connectivity index (χ4v) is 2.90. The van der Waals surface area contributed by atoms with Gasteiger partial charge in [-0.3, -0.25) is 9.59 Å². The van der Waals surface area contributed by atoms with Gasteiger partial charge in [-0.15, -0.1) is 0 Å². The summed E-state index contributed by atoms with van der Waals surface area (Å²) in [6.45, 7) is 1.10. The number of nitrogens with zero attached hydrogens (tertiary/aromatic N) is 2. The Morgan fingerprint density at radius 3 is 2.83 bits per heavy atom. The minimum absolute atomic E-state index is 0.0428. The molecule has 0 radical (unpaired) electrons. The summed E-state index contributed by atoms with van der Waals surface area (Å²) in [6, 6.07) is 10.9. The zero-order valence-corrected chi connectivity index (χ0v) is 13.8. The van der Waals surface area contributed by atoms with Crippen LogP contribution in [-0.4, -0.2) is 41.9 Å². The van der Waals surface area contributed by atoms with Crippen molar-refractivity contribution in [3.05, 3.63) is 35.9 Å². The second kappa shape index (κ2) is 9.04. The number of rotatable bonds is 7. The minimum atomic E-state index is -0.881. The number of carbonyl (C=O) groups excluding carboxylic acids is 2. The number of nitrogens with two attached hydrogens (primary N) is 1. The molecule has 0 aromatic heterocycles. The number of nitrogens with one attached hydrogen (secondary N) is 1. The first kappa shape index (κ1) is 18.0. The van der Waals surface area contributed by atoms with Crippen LogP contribution in [0.4, 0.5) is 0 Å². The van der Waals surface area contributed by atoms with Crippen molar-refractivity contribution in [3.63, 3.8) is 0 Å². The third-order valence-corrected chi connectivity index (χ3v) is 4.21. The third-order valence-electron chi connectivity index (χ3n) is 4.21. The number of hydrogen-bond acceptors (Lipinski definition) is 4. The van der Waals surface area contributed by atoms with Gasteiger partial charge in [0.15, 0.2) is 0 Å². The Morgan fingerprint density at radius 1 is 1.38 bits per heavy atom. The molecule has 0 bridgehead atoms. The van der Waals surface area contributed by atoms with E-state index in [2.05, 4.69) is 23.5 Å². The van der Waals surface area contributed by atoms with Gasteiger partial charge in [-0.25, -0.2) is 0 Å². The molecule has 128 valence electrons. The molecule has 0 aliphatic carbocycles. The van der Waals surface area contributed by atoms with Crippen molar-refractivity contribution in [2.24, 2.45) is 5.73 Å². The molecule has 2 amide bonds. The molecular formula is C18H24N4O2. The van der Waals surface area contributed by atoms with E-state index in [1.54, 1.807) is 0 Å². The largest absolute Gasteiger partial charge is 0.356 e. The van der Waals surface area contributed by atoms with E-state index in [0.29, 0.717) is 19.5 Å². The van der Waals surface area contributed by atoms with E-state index in [1.807, 2.05) is 18.2 Å². The molecule has 2 atom stereocenters. The lowest BCUT2D eigenvalue weighted by Gasteiger charge is -2.23. The molecule has 1 aromatic carbocycles. The van der Waals surface area contributed by atoms with Gasteiger partial charge < -0.3 is 16.0 Å². The van der Waals surface area contributed by atoms with Crippen molar-refractivity contribution in [2.45, 2.75) is 44.2 Å². The first-order valence-corrected chi connectivity index (χ1v) is 8.38. The summed E-state index contributed by atoms with van der Waals surface area (Å²) in [6.07, 6.45) is 3.17. The molecule has 1 fully saturated rings. The van der Waals surface area contributed by atoms with Crippen molar-refractivity contribution in [2.75, 3.05) is 13.1 Å². The van der Waals surface area contributed by atoms with Gasteiger partial charge in [0.1, 0.15) is 6.04 Å². The van der Waals surface area contributed by atoms with Crippen LogP contribution >= 0.6 is 0 Å². The standard InChI is InChI=1S/C18H24N4O2/c19-13-15-9-5-11-22(15)18(24)16(20)12-17(23)21-10-4-8-14-6-2-1-3-7-14/h1-3,6-7,15-16H,4-5,8-12,20H2,(H,21,23)/t15-,16?/m0/s1. The SMILES string of the molecule is N#C[C@@H]1CCCN1C(=O)C(N)CC(=O)NCCCc1ccccc1. The van der Waals surface area contributed by atoms with E-state index < -0.39 is 12.1 Å². The van der Waals surface area contributed by atoms with E-state index >= 15 is 0 Å². The van der Waals surface area contributed by atoms with Gasteiger partial charge in [-0.05, 0) is 31.2 Å². The molecule has 6 nitrogen and oxygen atoms in total. The highest BCUT2D eigenvalue weighted by Gasteiger charge is 2.32. The van der Waals surface area contributed by atoms with Crippen LogP contribution in [0.2, 0.25) is 0 Å². The van der Waals surface area contributed by atoms with Gasteiger partial charge in [0.2, 0.25) is 11.8 Å². The van der Waals surface area contributed by atoms with E-state index in [-0.39, 0.29) is 18.2 Å². The smallest absolute Gasteiger partial charge is 0.241 e. The number of carbonyl (C=O) groups is 2. The van der Waals surface area contributed by atoms with Crippen LogP contribution in [0.5, 0.6) is 0 Å². The maximum atomic E-state index is 12.2. The van der Waals surface area contributed by atoms with Crippen LogP contribution in [0.1, 0.15) is 31.2 Å². The molecule has 1 aliphatic heterocycles. The molecule has 1 aromatic rings. The van der Waals surface area contributed by atoms with Crippen LogP contribution in [-0.2, 0) is 16.0 Å². The fraction of sp³-hybridized carbons (Fsp3) is 0.500. The Kier molecular flexibility index (Phi) is 6.76. The molecule has 0 saturated carbocycles. The molecule has 0 spiro atoms. The van der Waals surface area contributed by atoms with Crippen LogP contribution in [0.3, 0.4) is 0 Å². The Hall–Kier alpha value is -2.39. The summed E-state index contributed by atoms with van der Waals surface area (Å²) in [5.74, 6) is -0.532. The van der Waals surface area contributed by atoms with Gasteiger partial charge in [-0.1, -0.05) is 30.3 Å². The molecule has 1 unspecified atom stereocenters. The number of nitriles is 1. The highest BCUT2D eigenvalue weighted by molar-refractivity contribution is 5.88. The summed E-state index contributed by atoms with van der Waals surface area (Å²) in [7, 11) is 0. The first-order valence-electron chi connectivity index (χ1n) is 8.38. The molecule has 24 heavy (non-hydrogen) atoms. The van der Waals surface area contributed by atoms with Gasteiger partial charge in [0.05, 0.1) is 18.5 Å². The lowest BCUT2D eigenvalue weighted by molar-refractivity contribution is -0.135. The first-order chi connectivity index (χ1) is 11.6. The Morgan fingerprint density at radius 2 is 2.12 bits per heavy atom. The molecule has 1 aliphatic rings. The summed E-state index contributed by atoms with van der Waals surface area (Å²) >= 11 is 0. The maximum Gasteiger partial charge on any atom is 0.241 e. The van der Waals surface area contributed by atoms with Gasteiger partial charge in [0, 0.05) is 13.1 Å². The number of likely N-dealkylation sites (tertiary alicyclic amines) is 1. The fourth-order valence-electron chi connectivity index (χ4n) is 2.90. The lowest BCUT2D eigenvalue weighted by atomic mass is 10.1. The van der Waals surface area contributed by atoms with Crippen LogP contribution < -0.4 is 11.1 Å². The molecule has 1 heterocycles. The van der Waals surface area contributed by atoms with Crippen LogP contribution in [0.25, 0.3) is 0 Å². The van der Waals surface area contributed by atoms with E-state index in [0.717, 1.165) is 19.3 Å². The lowest BCUT2D eigenvalue weighted by Crippen LogP contribution is -2.47. The monoisotopic (exact) mass is 328 g/mol. The highest BCUT2D eigenvalue weighted by Crippen LogP contribution is 2.17. The molecular weight excluding hydrogens is 304 g/mol. The van der Waals surface area contributed by atoms with Crippen molar-refractivity contribution in [3.8, 4) is 6.07 Å². The topological polar surface area (TPSA) is 99.2 Å². The summed E-state index contributed by atoms with van der Waals surface area (Å²) < 4.78 is 0. The highest BCUT2D eigenvalue weighted by atomic mass is 16.2. The van der Waals surface area contributed by atoms with Crippen molar-refractivity contribution >= 4 is 11.8 Å². The van der Waals surface area contributed by atoms with Crippen LogP contribution in [0, 0.1) is 11.3 Å². The molecule has 6 heteroatoms. The average Bonchev–Trinajstić information content (AvgIpc) is 3.07. The second-order valence-electron chi connectivity index (χ2n) is 6.07. The minimum Gasteiger partial charge on any atom is -0.356 e. The zero-order chi connectivity index (χ0) is 17.4. The predicted molar refractivity (Wildman–Crippen MR) is 90.7 cm³/mol. The second-order valence-corrected chi connectivity index (χ2v) is 6.07. The predicted octanol–water partition coefficient (Wildman–Crippen LogP) is 0.967. The Labute approximate surface area is 142 Å². The summed E-state index contributed by atoms with van der Waals surface area (Å²) in [5, 5.41) is 11.8. The number of hydrogen-bond donors (Lipinski definition) is 2. The van der Waals surface area contributed by atoms with Crippen molar-refractivity contribution in [1.29, 1.82) is 5.26 Å². The number of aryl methyl sites for hydroxylation is 1. The Bertz CT molecular complexity index is 597. The maximum absolute atomic E-state index is 12.2. The average molecular weight is 328 g/mol. The van der Waals surface area contributed by atoms with Gasteiger partial charge in [-0.2, -0.15) is 5.26 Å². The molecule has 2 rings (SSSR count). The molecule has 1 saturated heterocycles. The van der Waals surface area contributed by atoms with Crippen LogP contribution in [0.15, 0.2) is 30.3 Å². The van der Waals surface area contributed by atoms with Gasteiger partial charge >= 0.3 is 0 Å². The summed E-state index contributed by atoms with van der Waals surface area (Å²) in [5.41, 5.74) is 7.08. The van der Waals surface area contributed by atoms with Crippen molar-refractivity contribution < 1.29 is 9.59 Å². The Balaban J connectivity index is 1.68.